The molecule has 0 unspecified atom stereocenters. The Hall–Kier alpha value is -2.23. The molecule has 0 saturated heterocycles. The molecule has 27 heavy (non-hydrogen) atoms. The van der Waals surface area contributed by atoms with Crippen molar-refractivity contribution in [3.8, 4) is 5.75 Å². The zero-order chi connectivity index (χ0) is 19.4. The Kier molecular flexibility index (Phi) is 6.25. The van der Waals surface area contributed by atoms with Gasteiger partial charge in [-0.25, -0.2) is 0 Å². The number of fused-ring (bicyclic) bond motifs is 3. The maximum atomic E-state index is 12.7. The third-order valence-electron chi connectivity index (χ3n) is 5.34. The van der Waals surface area contributed by atoms with Gasteiger partial charge in [0.15, 0.2) is 0 Å². The molecular formula is C23H31NO3. The summed E-state index contributed by atoms with van der Waals surface area (Å²) in [6.45, 7) is 7.78. The standard InChI is InChI=1S/C23H31NO3/c1-5-11-24(12-6-2)23(25)13-16(3)18-14-19-17-9-7-8-10-20(17)27-22(19)15-21(18)26-4/h13-15H,5-12H2,1-4H3/b16-13+. The first kappa shape index (κ1) is 19.5. The lowest BCUT2D eigenvalue weighted by Crippen LogP contribution is -2.31. The summed E-state index contributed by atoms with van der Waals surface area (Å²) < 4.78 is 11.7. The smallest absolute Gasteiger partial charge is 0.246 e. The summed E-state index contributed by atoms with van der Waals surface area (Å²) in [6.07, 6.45) is 8.16. The largest absolute Gasteiger partial charge is 0.496 e. The van der Waals surface area contributed by atoms with E-state index >= 15 is 0 Å². The van der Waals surface area contributed by atoms with Gasteiger partial charge in [0, 0.05) is 48.2 Å². The molecule has 4 heteroatoms. The van der Waals surface area contributed by atoms with Crippen LogP contribution in [0, 0.1) is 0 Å². The van der Waals surface area contributed by atoms with Crippen molar-refractivity contribution in [2.75, 3.05) is 20.2 Å². The molecule has 0 atom stereocenters. The predicted octanol–water partition coefficient (Wildman–Crippen LogP) is 5.37. The second kappa shape index (κ2) is 8.64. The number of nitrogens with zero attached hydrogens (tertiary/aromatic N) is 1. The van der Waals surface area contributed by atoms with Gasteiger partial charge >= 0.3 is 0 Å². The average molecular weight is 370 g/mol. The average Bonchev–Trinajstić information content (AvgIpc) is 3.04. The Labute approximate surface area is 162 Å². The van der Waals surface area contributed by atoms with Gasteiger partial charge in [-0.05, 0) is 50.7 Å². The van der Waals surface area contributed by atoms with E-state index in [4.69, 9.17) is 9.15 Å². The number of aryl methyl sites for hydroxylation is 2. The van der Waals surface area contributed by atoms with E-state index < -0.39 is 0 Å². The highest BCUT2D eigenvalue weighted by molar-refractivity contribution is 5.97. The minimum Gasteiger partial charge on any atom is -0.496 e. The van der Waals surface area contributed by atoms with Gasteiger partial charge in [0.25, 0.3) is 0 Å². The Morgan fingerprint density at radius 3 is 2.56 bits per heavy atom. The molecule has 1 aromatic heterocycles. The van der Waals surface area contributed by atoms with E-state index in [0.717, 1.165) is 67.0 Å². The molecule has 0 aliphatic heterocycles. The van der Waals surface area contributed by atoms with Crippen LogP contribution in [0.25, 0.3) is 16.5 Å². The van der Waals surface area contributed by atoms with Gasteiger partial charge in [0.1, 0.15) is 17.1 Å². The van der Waals surface area contributed by atoms with Gasteiger partial charge in [-0.3, -0.25) is 4.79 Å². The summed E-state index contributed by atoms with van der Waals surface area (Å²) in [5, 5.41) is 1.17. The molecule has 1 aliphatic rings. The lowest BCUT2D eigenvalue weighted by atomic mass is 9.94. The molecule has 1 aliphatic carbocycles. The van der Waals surface area contributed by atoms with Crippen LogP contribution in [0.3, 0.4) is 0 Å². The minimum atomic E-state index is 0.0765. The Balaban J connectivity index is 1.99. The number of carbonyl (C=O) groups is 1. The number of carbonyl (C=O) groups excluding carboxylic acids is 1. The van der Waals surface area contributed by atoms with Gasteiger partial charge in [0.05, 0.1) is 7.11 Å². The monoisotopic (exact) mass is 369 g/mol. The summed E-state index contributed by atoms with van der Waals surface area (Å²) in [6, 6.07) is 4.12. The number of furan rings is 1. The first-order chi connectivity index (χ1) is 13.1. The predicted molar refractivity (Wildman–Crippen MR) is 110 cm³/mol. The number of rotatable bonds is 7. The number of amides is 1. The molecule has 0 saturated carbocycles. The van der Waals surface area contributed by atoms with Crippen LogP contribution in [0.4, 0.5) is 0 Å². The van der Waals surface area contributed by atoms with Crippen molar-refractivity contribution in [2.45, 2.75) is 59.3 Å². The zero-order valence-electron chi connectivity index (χ0n) is 17.1. The van der Waals surface area contributed by atoms with E-state index in [1.54, 1.807) is 13.2 Å². The summed E-state index contributed by atoms with van der Waals surface area (Å²) in [7, 11) is 1.67. The van der Waals surface area contributed by atoms with Gasteiger partial charge in [0.2, 0.25) is 5.91 Å². The molecule has 0 spiro atoms. The van der Waals surface area contributed by atoms with Gasteiger partial charge in [-0.15, -0.1) is 0 Å². The van der Waals surface area contributed by atoms with Crippen molar-refractivity contribution in [3.05, 3.63) is 35.1 Å². The van der Waals surface area contributed by atoms with Crippen LogP contribution < -0.4 is 4.74 Å². The molecule has 146 valence electrons. The third kappa shape index (κ3) is 4.05. The topological polar surface area (TPSA) is 42.7 Å². The molecule has 0 N–H and O–H groups in total. The molecule has 0 fully saturated rings. The highest BCUT2D eigenvalue weighted by Crippen LogP contribution is 2.37. The van der Waals surface area contributed by atoms with E-state index in [-0.39, 0.29) is 5.91 Å². The fourth-order valence-electron chi connectivity index (χ4n) is 3.99. The molecule has 1 amide bonds. The van der Waals surface area contributed by atoms with Crippen LogP contribution in [0.5, 0.6) is 5.75 Å². The number of hydrogen-bond donors (Lipinski definition) is 0. The quantitative estimate of drug-likeness (QED) is 0.616. The highest BCUT2D eigenvalue weighted by atomic mass is 16.5. The zero-order valence-corrected chi connectivity index (χ0v) is 17.1. The summed E-state index contributed by atoms with van der Waals surface area (Å²) in [5.74, 6) is 1.95. The minimum absolute atomic E-state index is 0.0765. The maximum Gasteiger partial charge on any atom is 0.246 e. The first-order valence-corrected chi connectivity index (χ1v) is 10.2. The van der Waals surface area contributed by atoms with Crippen LogP contribution in [0.2, 0.25) is 0 Å². The van der Waals surface area contributed by atoms with Crippen molar-refractivity contribution >= 4 is 22.4 Å². The fourth-order valence-corrected chi connectivity index (χ4v) is 3.99. The van der Waals surface area contributed by atoms with Crippen LogP contribution in [0.1, 0.15) is 63.3 Å². The van der Waals surface area contributed by atoms with Crippen LogP contribution in [-0.4, -0.2) is 31.0 Å². The normalized spacial score (nSPS) is 14.3. The third-order valence-corrected chi connectivity index (χ3v) is 5.34. The molecule has 3 rings (SSSR count). The maximum absolute atomic E-state index is 12.7. The van der Waals surface area contributed by atoms with E-state index in [0.29, 0.717) is 0 Å². The van der Waals surface area contributed by atoms with Crippen LogP contribution >= 0.6 is 0 Å². The van der Waals surface area contributed by atoms with E-state index in [9.17, 15) is 4.79 Å². The number of allylic oxidation sites excluding steroid dienone is 1. The second-order valence-electron chi connectivity index (χ2n) is 7.41. The van der Waals surface area contributed by atoms with Crippen molar-refractivity contribution in [1.29, 1.82) is 0 Å². The van der Waals surface area contributed by atoms with E-state index in [2.05, 4.69) is 19.9 Å². The van der Waals surface area contributed by atoms with Crippen molar-refractivity contribution in [1.82, 2.24) is 4.90 Å². The molecule has 0 radical (unpaired) electrons. The Morgan fingerprint density at radius 1 is 1.19 bits per heavy atom. The fraction of sp³-hybridized carbons (Fsp3) is 0.522. The highest BCUT2D eigenvalue weighted by Gasteiger charge is 2.20. The first-order valence-electron chi connectivity index (χ1n) is 10.2. The molecular weight excluding hydrogens is 338 g/mol. The van der Waals surface area contributed by atoms with Crippen molar-refractivity contribution < 1.29 is 13.9 Å². The summed E-state index contributed by atoms with van der Waals surface area (Å²) >= 11 is 0. The number of methoxy groups -OCH3 is 1. The molecule has 0 bridgehead atoms. The number of hydrogen-bond acceptors (Lipinski definition) is 3. The number of ether oxygens (including phenoxy) is 1. The van der Waals surface area contributed by atoms with E-state index in [1.165, 1.54) is 23.8 Å². The molecule has 4 nitrogen and oxygen atoms in total. The Morgan fingerprint density at radius 2 is 1.89 bits per heavy atom. The van der Waals surface area contributed by atoms with Crippen LogP contribution in [0.15, 0.2) is 22.6 Å². The Bertz CT molecular complexity index is 841. The number of benzene rings is 1. The molecule has 2 aromatic rings. The summed E-state index contributed by atoms with van der Waals surface area (Å²) in [4.78, 5) is 14.7. The summed E-state index contributed by atoms with van der Waals surface area (Å²) in [5.41, 5.74) is 4.13. The van der Waals surface area contributed by atoms with Gasteiger partial charge < -0.3 is 14.1 Å². The van der Waals surface area contributed by atoms with Gasteiger partial charge in [-0.1, -0.05) is 13.8 Å². The second-order valence-corrected chi connectivity index (χ2v) is 7.41. The lowest BCUT2D eigenvalue weighted by molar-refractivity contribution is -0.126. The van der Waals surface area contributed by atoms with Crippen molar-refractivity contribution in [2.24, 2.45) is 0 Å². The van der Waals surface area contributed by atoms with E-state index in [1.807, 2.05) is 17.9 Å². The SMILES string of the molecule is CCCN(CCC)C(=O)/C=C(\C)c1cc2c3c(oc2cc1OC)CCCC3. The van der Waals surface area contributed by atoms with Crippen molar-refractivity contribution in [3.63, 3.8) is 0 Å². The van der Waals surface area contributed by atoms with Crippen LogP contribution in [-0.2, 0) is 17.6 Å². The molecule has 1 heterocycles. The van der Waals surface area contributed by atoms with Gasteiger partial charge in [-0.2, -0.15) is 0 Å². The molecule has 1 aromatic carbocycles. The lowest BCUT2D eigenvalue weighted by Gasteiger charge is -2.20.